The molecule has 2 rings (SSSR count). The van der Waals surface area contributed by atoms with Crippen LogP contribution in [0.3, 0.4) is 0 Å². The minimum atomic E-state index is 0.0783. The van der Waals surface area contributed by atoms with Crippen LogP contribution in [0, 0.1) is 0 Å². The van der Waals surface area contributed by atoms with Crippen LogP contribution in [-0.2, 0) is 4.79 Å². The van der Waals surface area contributed by atoms with Gasteiger partial charge >= 0.3 is 0 Å². The van der Waals surface area contributed by atoms with Gasteiger partial charge in [0, 0.05) is 6.04 Å². The fourth-order valence-corrected chi connectivity index (χ4v) is 3.85. The highest BCUT2D eigenvalue weighted by atomic mass is 32.2. The molecule has 2 unspecified atom stereocenters. The van der Waals surface area contributed by atoms with E-state index in [4.69, 9.17) is 0 Å². The van der Waals surface area contributed by atoms with E-state index in [-0.39, 0.29) is 12.2 Å². The molecule has 0 aromatic carbocycles. The fourth-order valence-electron chi connectivity index (χ4n) is 2.77. The molecule has 0 spiro atoms. The Morgan fingerprint density at radius 2 is 2.12 bits per heavy atom. The average molecular weight is 242 g/mol. The first-order chi connectivity index (χ1) is 7.74. The second-order valence-electron chi connectivity index (χ2n) is 4.77. The SMILES string of the molecule is CCCC1NC(C)N(C2CCSCC2)C1=O. The number of rotatable bonds is 3. The fraction of sp³-hybridized carbons (Fsp3) is 0.917. The summed E-state index contributed by atoms with van der Waals surface area (Å²) >= 11 is 2.01. The third kappa shape index (κ3) is 2.38. The van der Waals surface area contributed by atoms with Crippen molar-refractivity contribution < 1.29 is 4.79 Å². The first-order valence-corrected chi connectivity index (χ1v) is 7.55. The maximum absolute atomic E-state index is 12.3. The molecule has 1 amide bonds. The van der Waals surface area contributed by atoms with E-state index in [0.717, 1.165) is 12.8 Å². The summed E-state index contributed by atoms with van der Waals surface area (Å²) in [6.45, 7) is 4.26. The van der Waals surface area contributed by atoms with Gasteiger partial charge in [-0.3, -0.25) is 10.1 Å². The number of nitrogens with zero attached hydrogens (tertiary/aromatic N) is 1. The summed E-state index contributed by atoms with van der Waals surface area (Å²) in [6, 6.07) is 0.563. The maximum atomic E-state index is 12.3. The number of thioether (sulfide) groups is 1. The van der Waals surface area contributed by atoms with Gasteiger partial charge in [-0.1, -0.05) is 13.3 Å². The molecule has 3 nitrogen and oxygen atoms in total. The van der Waals surface area contributed by atoms with Gasteiger partial charge in [0.25, 0.3) is 0 Å². The topological polar surface area (TPSA) is 32.3 Å². The van der Waals surface area contributed by atoms with Crippen molar-refractivity contribution in [1.29, 1.82) is 0 Å². The van der Waals surface area contributed by atoms with Crippen LogP contribution in [0.2, 0.25) is 0 Å². The molecule has 0 aromatic heterocycles. The second-order valence-corrected chi connectivity index (χ2v) is 6.00. The van der Waals surface area contributed by atoms with Gasteiger partial charge in [-0.15, -0.1) is 0 Å². The van der Waals surface area contributed by atoms with Crippen LogP contribution in [-0.4, -0.2) is 40.6 Å². The molecule has 0 radical (unpaired) electrons. The van der Waals surface area contributed by atoms with Crippen molar-refractivity contribution in [3.8, 4) is 0 Å². The van der Waals surface area contributed by atoms with E-state index in [0.29, 0.717) is 11.9 Å². The van der Waals surface area contributed by atoms with Crippen molar-refractivity contribution in [2.75, 3.05) is 11.5 Å². The number of carbonyl (C=O) groups excluding carboxylic acids is 1. The molecule has 0 aliphatic carbocycles. The van der Waals surface area contributed by atoms with Crippen molar-refractivity contribution >= 4 is 17.7 Å². The molecule has 2 saturated heterocycles. The summed E-state index contributed by atoms with van der Waals surface area (Å²) in [5.74, 6) is 2.76. The van der Waals surface area contributed by atoms with E-state index in [1.54, 1.807) is 0 Å². The van der Waals surface area contributed by atoms with Crippen molar-refractivity contribution in [1.82, 2.24) is 10.2 Å². The van der Waals surface area contributed by atoms with E-state index >= 15 is 0 Å². The van der Waals surface area contributed by atoms with Gasteiger partial charge in [0.05, 0.1) is 12.2 Å². The number of carbonyl (C=O) groups is 1. The molecular formula is C12H22N2OS. The number of nitrogens with one attached hydrogen (secondary N) is 1. The number of hydrogen-bond donors (Lipinski definition) is 1. The zero-order valence-corrected chi connectivity index (χ0v) is 11.1. The Bertz CT molecular complexity index is 253. The normalized spacial score (nSPS) is 32.4. The van der Waals surface area contributed by atoms with E-state index < -0.39 is 0 Å². The molecule has 2 heterocycles. The Morgan fingerprint density at radius 3 is 2.75 bits per heavy atom. The van der Waals surface area contributed by atoms with Crippen LogP contribution in [0.15, 0.2) is 0 Å². The van der Waals surface area contributed by atoms with E-state index in [1.807, 2.05) is 11.8 Å². The minimum Gasteiger partial charge on any atom is -0.323 e. The molecule has 92 valence electrons. The summed E-state index contributed by atoms with van der Waals surface area (Å²) in [6.07, 6.45) is 4.62. The Hall–Kier alpha value is -0.220. The van der Waals surface area contributed by atoms with Crippen LogP contribution in [0.25, 0.3) is 0 Å². The molecule has 2 aliphatic heterocycles. The molecule has 1 N–H and O–H groups in total. The molecule has 2 atom stereocenters. The van der Waals surface area contributed by atoms with Gasteiger partial charge < -0.3 is 4.90 Å². The van der Waals surface area contributed by atoms with E-state index in [9.17, 15) is 4.79 Å². The molecule has 0 aromatic rings. The lowest BCUT2D eigenvalue weighted by Gasteiger charge is -2.33. The van der Waals surface area contributed by atoms with Crippen LogP contribution < -0.4 is 5.32 Å². The molecule has 2 fully saturated rings. The average Bonchev–Trinajstić information content (AvgIpc) is 2.56. The maximum Gasteiger partial charge on any atom is 0.241 e. The monoisotopic (exact) mass is 242 g/mol. The Kier molecular flexibility index (Phi) is 4.14. The van der Waals surface area contributed by atoms with Gasteiger partial charge in [0.1, 0.15) is 0 Å². The molecule has 2 aliphatic rings. The van der Waals surface area contributed by atoms with Crippen LogP contribution in [0.4, 0.5) is 0 Å². The standard InChI is InChI=1S/C12H22N2OS/c1-3-4-11-12(15)14(9(2)13-11)10-5-7-16-8-6-10/h9-11,13H,3-8H2,1-2H3. The third-order valence-electron chi connectivity index (χ3n) is 3.57. The molecule has 0 saturated carbocycles. The second kappa shape index (κ2) is 5.41. The van der Waals surface area contributed by atoms with E-state index in [1.165, 1.54) is 24.3 Å². The van der Waals surface area contributed by atoms with Gasteiger partial charge in [0.15, 0.2) is 0 Å². The summed E-state index contributed by atoms with van der Waals surface area (Å²) in [5.41, 5.74) is 0. The van der Waals surface area contributed by atoms with E-state index in [2.05, 4.69) is 24.1 Å². The first-order valence-electron chi connectivity index (χ1n) is 6.40. The molecule has 0 bridgehead atoms. The van der Waals surface area contributed by atoms with Gasteiger partial charge in [0.2, 0.25) is 5.91 Å². The highest BCUT2D eigenvalue weighted by Crippen LogP contribution is 2.26. The largest absolute Gasteiger partial charge is 0.323 e. The lowest BCUT2D eigenvalue weighted by atomic mass is 10.1. The van der Waals surface area contributed by atoms with Gasteiger partial charge in [-0.05, 0) is 37.7 Å². The van der Waals surface area contributed by atoms with Crippen molar-refractivity contribution in [3.63, 3.8) is 0 Å². The number of amides is 1. The Balaban J connectivity index is 2.00. The zero-order valence-electron chi connectivity index (χ0n) is 10.2. The predicted molar refractivity (Wildman–Crippen MR) is 68.5 cm³/mol. The summed E-state index contributed by atoms with van der Waals surface area (Å²) < 4.78 is 0. The first kappa shape index (κ1) is 12.2. The lowest BCUT2D eigenvalue weighted by Crippen LogP contribution is -2.44. The Morgan fingerprint density at radius 1 is 1.44 bits per heavy atom. The summed E-state index contributed by atoms with van der Waals surface area (Å²) in [4.78, 5) is 14.4. The van der Waals surface area contributed by atoms with Crippen molar-refractivity contribution in [2.24, 2.45) is 0 Å². The van der Waals surface area contributed by atoms with Crippen molar-refractivity contribution in [2.45, 2.75) is 57.8 Å². The highest BCUT2D eigenvalue weighted by molar-refractivity contribution is 7.99. The lowest BCUT2D eigenvalue weighted by molar-refractivity contribution is -0.132. The van der Waals surface area contributed by atoms with Crippen LogP contribution in [0.1, 0.15) is 39.5 Å². The number of hydrogen-bond acceptors (Lipinski definition) is 3. The highest BCUT2D eigenvalue weighted by Gasteiger charge is 2.39. The molecule has 4 heteroatoms. The van der Waals surface area contributed by atoms with Crippen LogP contribution >= 0.6 is 11.8 Å². The van der Waals surface area contributed by atoms with Gasteiger partial charge in [-0.2, -0.15) is 11.8 Å². The Labute approximate surface area is 102 Å². The third-order valence-corrected chi connectivity index (χ3v) is 4.62. The van der Waals surface area contributed by atoms with Crippen LogP contribution in [0.5, 0.6) is 0 Å². The van der Waals surface area contributed by atoms with Crippen molar-refractivity contribution in [3.05, 3.63) is 0 Å². The zero-order chi connectivity index (χ0) is 11.5. The predicted octanol–water partition coefficient (Wildman–Crippen LogP) is 1.83. The molecular weight excluding hydrogens is 220 g/mol. The van der Waals surface area contributed by atoms with Gasteiger partial charge in [-0.25, -0.2) is 0 Å². The quantitative estimate of drug-likeness (QED) is 0.819. The smallest absolute Gasteiger partial charge is 0.241 e. The minimum absolute atomic E-state index is 0.0783. The summed E-state index contributed by atoms with van der Waals surface area (Å²) in [5, 5.41) is 3.42. The molecule has 16 heavy (non-hydrogen) atoms. The summed E-state index contributed by atoms with van der Waals surface area (Å²) in [7, 11) is 0.